The number of nitrogens with one attached hydrogen (secondary N) is 1. The topological polar surface area (TPSA) is 102 Å². The van der Waals surface area contributed by atoms with Crippen molar-refractivity contribution in [3.8, 4) is 0 Å². The summed E-state index contributed by atoms with van der Waals surface area (Å²) in [7, 11) is 0. The quantitative estimate of drug-likeness (QED) is 0.354. The summed E-state index contributed by atoms with van der Waals surface area (Å²) in [5.74, 6) is -0.326. The Morgan fingerprint density at radius 2 is 2.18 bits per heavy atom. The van der Waals surface area contributed by atoms with Gasteiger partial charge in [0.05, 0.1) is 38.0 Å². The number of rotatable bonds is 12. The first-order chi connectivity index (χ1) is 18.9. The first-order valence-corrected chi connectivity index (χ1v) is 14.6. The lowest BCUT2D eigenvalue weighted by molar-refractivity contribution is -0.139. The Labute approximate surface area is 239 Å². The van der Waals surface area contributed by atoms with Crippen molar-refractivity contribution in [3.05, 3.63) is 61.9 Å². The molecule has 1 aromatic carbocycles. The maximum atomic E-state index is 14.0. The number of carbonyl (C=O) groups excluding carboxylic acids is 2. The van der Waals surface area contributed by atoms with E-state index in [2.05, 4.69) is 31.1 Å². The predicted octanol–water partition coefficient (Wildman–Crippen LogP) is 4.04. The van der Waals surface area contributed by atoms with Gasteiger partial charge in [0.15, 0.2) is 16.6 Å². The van der Waals surface area contributed by atoms with Crippen LogP contribution in [0.2, 0.25) is 0 Å². The van der Waals surface area contributed by atoms with Gasteiger partial charge in [-0.05, 0) is 31.0 Å². The number of carbonyl (C=O) groups is 2. The summed E-state index contributed by atoms with van der Waals surface area (Å²) >= 11 is 4.88. The summed E-state index contributed by atoms with van der Waals surface area (Å²) in [6.45, 7) is 6.19. The predicted molar refractivity (Wildman–Crippen MR) is 149 cm³/mol. The van der Waals surface area contributed by atoms with Crippen LogP contribution < -0.4 is 5.32 Å². The van der Waals surface area contributed by atoms with Crippen molar-refractivity contribution < 1.29 is 28.2 Å². The SMILES string of the molecule is CCCC(=O)COCC1COCCN1CC1=C(C(=O)OCC)[C@H](c2ccc(F)cc2Br)N=C(c2nccs2)N1. The highest BCUT2D eigenvalue weighted by Gasteiger charge is 2.36. The fraction of sp³-hybridized carbons (Fsp3) is 0.481. The monoisotopic (exact) mass is 622 g/mol. The van der Waals surface area contributed by atoms with Crippen LogP contribution in [-0.4, -0.2) is 79.6 Å². The van der Waals surface area contributed by atoms with Crippen LogP contribution >= 0.6 is 27.3 Å². The van der Waals surface area contributed by atoms with Crippen molar-refractivity contribution in [1.29, 1.82) is 0 Å². The molecule has 9 nitrogen and oxygen atoms in total. The number of nitrogens with zero attached hydrogens (tertiary/aromatic N) is 3. The van der Waals surface area contributed by atoms with Crippen molar-refractivity contribution in [2.24, 2.45) is 4.99 Å². The Hall–Kier alpha value is -2.51. The van der Waals surface area contributed by atoms with Gasteiger partial charge in [0.25, 0.3) is 0 Å². The second-order valence-corrected chi connectivity index (χ2v) is 10.9. The average molecular weight is 624 g/mol. The molecule has 2 atom stereocenters. The van der Waals surface area contributed by atoms with E-state index in [0.717, 1.165) is 6.42 Å². The summed E-state index contributed by atoms with van der Waals surface area (Å²) < 4.78 is 31.4. The van der Waals surface area contributed by atoms with Gasteiger partial charge in [-0.2, -0.15) is 0 Å². The van der Waals surface area contributed by atoms with E-state index in [0.29, 0.717) is 71.5 Å². The van der Waals surface area contributed by atoms with Gasteiger partial charge in [-0.25, -0.2) is 14.2 Å². The molecule has 1 aromatic heterocycles. The van der Waals surface area contributed by atoms with E-state index < -0.39 is 17.8 Å². The zero-order valence-electron chi connectivity index (χ0n) is 22.0. The number of thiazole rings is 1. The zero-order chi connectivity index (χ0) is 27.8. The van der Waals surface area contributed by atoms with Crippen LogP contribution in [0.4, 0.5) is 4.39 Å². The molecule has 1 fully saturated rings. The summed E-state index contributed by atoms with van der Waals surface area (Å²) in [5.41, 5.74) is 1.58. The second-order valence-electron chi connectivity index (χ2n) is 9.12. The number of Topliss-reactive ketones (excluding diaryl/α,β-unsaturated/α-hetero) is 1. The molecule has 0 radical (unpaired) electrons. The molecule has 0 spiro atoms. The average Bonchev–Trinajstić information content (AvgIpc) is 3.45. The van der Waals surface area contributed by atoms with Gasteiger partial charge in [0.1, 0.15) is 18.5 Å². The van der Waals surface area contributed by atoms with Gasteiger partial charge in [-0.3, -0.25) is 14.7 Å². The van der Waals surface area contributed by atoms with E-state index in [1.54, 1.807) is 19.2 Å². The van der Waals surface area contributed by atoms with Crippen LogP contribution in [0.15, 0.2) is 50.5 Å². The van der Waals surface area contributed by atoms with Crippen LogP contribution in [0.25, 0.3) is 0 Å². The summed E-state index contributed by atoms with van der Waals surface area (Å²) in [4.78, 5) is 36.8. The lowest BCUT2D eigenvalue weighted by atomic mass is 9.95. The maximum Gasteiger partial charge on any atom is 0.338 e. The Kier molecular flexibility index (Phi) is 10.7. The number of benzene rings is 1. The lowest BCUT2D eigenvalue weighted by Gasteiger charge is -2.37. The Bertz CT molecular complexity index is 1220. The smallest absolute Gasteiger partial charge is 0.338 e. The largest absolute Gasteiger partial charge is 0.463 e. The molecular weight excluding hydrogens is 591 g/mol. The highest BCUT2D eigenvalue weighted by atomic mass is 79.9. The molecule has 39 heavy (non-hydrogen) atoms. The van der Waals surface area contributed by atoms with Crippen molar-refractivity contribution in [3.63, 3.8) is 0 Å². The number of aromatic nitrogens is 1. The molecule has 2 aliphatic heterocycles. The molecule has 2 aromatic rings. The van der Waals surface area contributed by atoms with Crippen molar-refractivity contribution in [2.75, 3.05) is 46.1 Å². The first kappa shape index (κ1) is 29.5. The summed E-state index contributed by atoms with van der Waals surface area (Å²) in [6, 6.07) is 3.44. The Balaban J connectivity index is 1.68. The highest BCUT2D eigenvalue weighted by Crippen LogP contribution is 2.37. The highest BCUT2D eigenvalue weighted by molar-refractivity contribution is 9.10. The zero-order valence-corrected chi connectivity index (χ0v) is 24.4. The fourth-order valence-corrected chi connectivity index (χ4v) is 5.64. The molecule has 1 N–H and O–H groups in total. The lowest BCUT2D eigenvalue weighted by Crippen LogP contribution is -2.51. The molecule has 210 valence electrons. The van der Waals surface area contributed by atoms with E-state index in [9.17, 15) is 14.0 Å². The summed E-state index contributed by atoms with van der Waals surface area (Å²) in [6.07, 6.45) is 2.96. The molecule has 4 rings (SSSR count). The molecule has 0 bridgehead atoms. The molecule has 1 unspecified atom stereocenters. The number of morpholine rings is 1. The van der Waals surface area contributed by atoms with E-state index in [4.69, 9.17) is 19.2 Å². The molecule has 1 saturated heterocycles. The molecule has 0 aliphatic carbocycles. The van der Waals surface area contributed by atoms with Crippen LogP contribution in [0.1, 0.15) is 43.3 Å². The minimum Gasteiger partial charge on any atom is -0.463 e. The van der Waals surface area contributed by atoms with Gasteiger partial charge in [0, 0.05) is 41.3 Å². The Morgan fingerprint density at radius 3 is 2.90 bits per heavy atom. The molecular formula is C27H32BrFN4O5S. The number of halogens is 2. The fourth-order valence-electron chi connectivity index (χ4n) is 4.48. The van der Waals surface area contributed by atoms with E-state index in [1.165, 1.54) is 23.5 Å². The van der Waals surface area contributed by atoms with Crippen LogP contribution in [0.3, 0.4) is 0 Å². The normalized spacial score (nSPS) is 19.9. The van der Waals surface area contributed by atoms with E-state index >= 15 is 0 Å². The van der Waals surface area contributed by atoms with Crippen molar-refractivity contribution in [1.82, 2.24) is 15.2 Å². The molecule has 12 heteroatoms. The number of esters is 1. The van der Waals surface area contributed by atoms with E-state index in [-0.39, 0.29) is 25.0 Å². The maximum absolute atomic E-state index is 14.0. The standard InChI is InChI=1S/C27H32BrFN4O5S/c1-3-5-19(34)16-37-15-18-14-36-10-9-33(18)13-22-23(27(35)38-4-2)24(20-7-6-17(29)12-21(20)28)32-25(31-22)26-30-8-11-39-26/h6-8,11-12,18,24H,3-5,9-10,13-16H2,1-2H3,(H,31,32)/t18?,24-/m0/s1. The van der Waals surface area contributed by atoms with Crippen LogP contribution in [0.5, 0.6) is 0 Å². The van der Waals surface area contributed by atoms with Crippen LogP contribution in [-0.2, 0) is 23.8 Å². The third kappa shape index (κ3) is 7.57. The molecule has 2 aliphatic rings. The first-order valence-electron chi connectivity index (χ1n) is 12.9. The number of ether oxygens (including phenoxy) is 3. The minimum absolute atomic E-state index is 0.0642. The van der Waals surface area contributed by atoms with Crippen molar-refractivity contribution in [2.45, 2.75) is 38.8 Å². The van der Waals surface area contributed by atoms with Gasteiger partial charge >= 0.3 is 5.97 Å². The number of hydrogen-bond acceptors (Lipinski definition) is 10. The van der Waals surface area contributed by atoms with Gasteiger partial charge in [-0.15, -0.1) is 11.3 Å². The minimum atomic E-state index is -0.753. The van der Waals surface area contributed by atoms with Gasteiger partial charge in [0.2, 0.25) is 0 Å². The van der Waals surface area contributed by atoms with Crippen molar-refractivity contribution >= 4 is 44.9 Å². The third-order valence-electron chi connectivity index (χ3n) is 6.33. The third-order valence-corrected chi connectivity index (χ3v) is 7.79. The molecule has 3 heterocycles. The van der Waals surface area contributed by atoms with Crippen LogP contribution in [0, 0.1) is 5.82 Å². The number of hydrogen-bond donors (Lipinski definition) is 1. The molecule has 0 saturated carbocycles. The van der Waals surface area contributed by atoms with E-state index in [1.807, 2.05) is 12.3 Å². The number of aliphatic imine (C=N–C) groups is 1. The molecule has 0 amide bonds. The van der Waals surface area contributed by atoms with Gasteiger partial charge < -0.3 is 19.5 Å². The summed E-state index contributed by atoms with van der Waals surface area (Å²) in [5, 5.41) is 5.86. The second kappa shape index (κ2) is 14.2. The number of amidine groups is 1. The Morgan fingerprint density at radius 1 is 1.33 bits per heavy atom. The number of ketones is 1. The van der Waals surface area contributed by atoms with Gasteiger partial charge in [-0.1, -0.05) is 28.9 Å².